The molecule has 0 bridgehead atoms. The van der Waals surface area contributed by atoms with Crippen LogP contribution in [0.15, 0.2) is 164 Å². The third-order valence-corrected chi connectivity index (χ3v) is 11.0. The predicted molar refractivity (Wildman–Crippen MR) is 196 cm³/mol. The highest BCUT2D eigenvalue weighted by molar-refractivity contribution is 6.14. The molecule has 8 aromatic rings. The smallest absolute Gasteiger partial charge is 0.0748 e. The molecule has 1 aliphatic heterocycles. The number of rotatable bonds is 2. The number of hydrogen-bond acceptors (Lipinski definition) is 0. The Morgan fingerprint density at radius 2 is 0.894 bits per heavy atom. The lowest BCUT2D eigenvalue weighted by atomic mass is 9.53. The Morgan fingerprint density at radius 3 is 1.53 bits per heavy atom. The molecule has 7 aromatic carbocycles. The van der Waals surface area contributed by atoms with Crippen LogP contribution < -0.4 is 0 Å². The Hall–Kier alpha value is -5.66. The Morgan fingerprint density at radius 1 is 0.383 bits per heavy atom. The topological polar surface area (TPSA) is 4.93 Å². The summed E-state index contributed by atoms with van der Waals surface area (Å²) in [5.74, 6) is 0. The van der Waals surface area contributed by atoms with Gasteiger partial charge in [-0.3, -0.25) is 0 Å². The molecular weight excluding hydrogens is 567 g/mol. The standard InChI is InChI=1S/C46H33N/c1-45(2)36-19-9-11-21-38(36)46(39-22-12-10-20-37(39)45)40-23-13-14-24-43(40)47-42-26-25-32(30-15-5-3-6-16-30)27-34(42)35-28-33(29-41(46)44(35)47)31-17-7-4-8-18-31/h3-29H,1-2H3. The van der Waals surface area contributed by atoms with Crippen LogP contribution in [0.2, 0.25) is 0 Å². The van der Waals surface area contributed by atoms with Crippen molar-refractivity contribution < 1.29 is 0 Å². The van der Waals surface area contributed by atoms with E-state index in [0.717, 1.165) is 0 Å². The highest BCUT2D eigenvalue weighted by Crippen LogP contribution is 2.61. The summed E-state index contributed by atoms with van der Waals surface area (Å²) in [5.41, 5.74) is 16.3. The highest BCUT2D eigenvalue weighted by Gasteiger charge is 2.52. The molecule has 10 rings (SSSR count). The fourth-order valence-corrected chi connectivity index (χ4v) is 9.00. The minimum atomic E-state index is -0.491. The Bertz CT molecular complexity index is 2480. The van der Waals surface area contributed by atoms with Crippen molar-refractivity contribution in [3.8, 4) is 27.9 Å². The lowest BCUT2D eigenvalue weighted by Crippen LogP contribution is -2.43. The first kappa shape index (κ1) is 26.5. The van der Waals surface area contributed by atoms with Gasteiger partial charge in [0.15, 0.2) is 0 Å². The van der Waals surface area contributed by atoms with E-state index >= 15 is 0 Å². The molecule has 0 atom stereocenters. The van der Waals surface area contributed by atoms with Crippen LogP contribution >= 0.6 is 0 Å². The SMILES string of the molecule is CC1(C)c2ccccc2C2(c3ccccc3-n3c4ccc(-c5ccccc5)cc4c4cc(-c5ccccc5)cc2c43)c2ccccc21. The normalized spacial score (nSPS) is 14.9. The van der Waals surface area contributed by atoms with Crippen LogP contribution in [-0.2, 0) is 10.8 Å². The van der Waals surface area contributed by atoms with Gasteiger partial charge in [0.2, 0.25) is 0 Å². The lowest BCUT2D eigenvalue weighted by molar-refractivity contribution is 0.556. The van der Waals surface area contributed by atoms with E-state index in [1.54, 1.807) is 0 Å². The summed E-state index contributed by atoms with van der Waals surface area (Å²) in [4.78, 5) is 0. The summed E-state index contributed by atoms with van der Waals surface area (Å²) < 4.78 is 2.55. The maximum atomic E-state index is 2.55. The van der Waals surface area contributed by atoms with E-state index in [4.69, 9.17) is 0 Å². The van der Waals surface area contributed by atoms with Crippen LogP contribution in [0.1, 0.15) is 47.2 Å². The molecule has 0 N–H and O–H groups in total. The molecule has 1 heteroatoms. The lowest BCUT2D eigenvalue weighted by Gasteiger charge is -2.50. The van der Waals surface area contributed by atoms with Crippen molar-refractivity contribution in [2.75, 3.05) is 0 Å². The Kier molecular flexibility index (Phi) is 5.33. The van der Waals surface area contributed by atoms with E-state index in [2.05, 4.69) is 182 Å². The van der Waals surface area contributed by atoms with Gasteiger partial charge in [-0.05, 0) is 86.0 Å². The number of nitrogens with zero attached hydrogens (tertiary/aromatic N) is 1. The minimum Gasteiger partial charge on any atom is -0.309 e. The predicted octanol–water partition coefficient (Wildman–Crippen LogP) is 11.5. The quantitative estimate of drug-likeness (QED) is 0.186. The summed E-state index contributed by atoms with van der Waals surface area (Å²) >= 11 is 0. The maximum Gasteiger partial charge on any atom is 0.0748 e. The Balaban J connectivity index is 1.45. The molecule has 1 nitrogen and oxygen atoms in total. The molecular formula is C46H33N. The third-order valence-electron chi connectivity index (χ3n) is 11.0. The van der Waals surface area contributed by atoms with Gasteiger partial charge in [0.05, 0.1) is 22.1 Å². The van der Waals surface area contributed by atoms with Crippen molar-refractivity contribution in [3.05, 3.63) is 197 Å². The van der Waals surface area contributed by atoms with Crippen molar-refractivity contribution in [2.24, 2.45) is 0 Å². The first-order valence-electron chi connectivity index (χ1n) is 16.6. The van der Waals surface area contributed by atoms with Gasteiger partial charge in [-0.15, -0.1) is 0 Å². The van der Waals surface area contributed by atoms with Gasteiger partial charge in [-0.25, -0.2) is 0 Å². The number of benzene rings is 7. The monoisotopic (exact) mass is 599 g/mol. The fourth-order valence-electron chi connectivity index (χ4n) is 9.00. The third kappa shape index (κ3) is 3.39. The van der Waals surface area contributed by atoms with Crippen LogP contribution in [0, 0.1) is 0 Å². The molecule has 1 aromatic heterocycles. The van der Waals surface area contributed by atoms with Gasteiger partial charge in [0.25, 0.3) is 0 Å². The zero-order chi connectivity index (χ0) is 31.3. The molecule has 47 heavy (non-hydrogen) atoms. The highest BCUT2D eigenvalue weighted by atomic mass is 15.0. The summed E-state index contributed by atoms with van der Waals surface area (Å²) in [6.45, 7) is 4.79. The fraction of sp³-hybridized carbons (Fsp3) is 0.0870. The average molecular weight is 600 g/mol. The molecule has 2 aliphatic rings. The molecule has 0 saturated carbocycles. The second kappa shape index (κ2) is 9.44. The number of hydrogen-bond donors (Lipinski definition) is 0. The van der Waals surface area contributed by atoms with E-state index < -0.39 is 5.41 Å². The van der Waals surface area contributed by atoms with Crippen molar-refractivity contribution in [3.63, 3.8) is 0 Å². The summed E-state index contributed by atoms with van der Waals surface area (Å²) in [6, 6.07) is 61.3. The second-order valence-electron chi connectivity index (χ2n) is 13.7. The summed E-state index contributed by atoms with van der Waals surface area (Å²) in [5, 5.41) is 2.58. The van der Waals surface area contributed by atoms with Crippen molar-refractivity contribution in [1.29, 1.82) is 0 Å². The molecule has 1 spiro atoms. The van der Waals surface area contributed by atoms with Gasteiger partial charge in [0.1, 0.15) is 0 Å². The molecule has 0 unspecified atom stereocenters. The molecule has 1 aliphatic carbocycles. The molecule has 2 heterocycles. The van der Waals surface area contributed by atoms with Crippen LogP contribution in [0.3, 0.4) is 0 Å². The number of aromatic nitrogens is 1. The summed E-state index contributed by atoms with van der Waals surface area (Å²) in [7, 11) is 0. The molecule has 0 fully saturated rings. The zero-order valence-electron chi connectivity index (χ0n) is 26.5. The zero-order valence-corrected chi connectivity index (χ0v) is 26.5. The van der Waals surface area contributed by atoms with E-state index in [-0.39, 0.29) is 5.41 Å². The van der Waals surface area contributed by atoms with E-state index in [1.165, 1.54) is 83.1 Å². The van der Waals surface area contributed by atoms with Gasteiger partial charge in [-0.2, -0.15) is 0 Å². The average Bonchev–Trinajstić information content (AvgIpc) is 3.47. The van der Waals surface area contributed by atoms with Crippen molar-refractivity contribution in [2.45, 2.75) is 24.7 Å². The maximum absolute atomic E-state index is 2.55. The number of fused-ring (bicyclic) bond motifs is 11. The van der Waals surface area contributed by atoms with Crippen LogP contribution in [0.25, 0.3) is 49.7 Å². The van der Waals surface area contributed by atoms with Gasteiger partial charge in [0, 0.05) is 16.2 Å². The minimum absolute atomic E-state index is 0.141. The van der Waals surface area contributed by atoms with Crippen LogP contribution in [-0.4, -0.2) is 4.57 Å². The molecule has 0 amide bonds. The van der Waals surface area contributed by atoms with Crippen LogP contribution in [0.5, 0.6) is 0 Å². The van der Waals surface area contributed by atoms with E-state index in [0.29, 0.717) is 0 Å². The van der Waals surface area contributed by atoms with E-state index in [9.17, 15) is 0 Å². The Labute approximate surface area is 275 Å². The number of para-hydroxylation sites is 1. The van der Waals surface area contributed by atoms with Gasteiger partial charge < -0.3 is 4.57 Å². The second-order valence-corrected chi connectivity index (χ2v) is 13.7. The molecule has 0 radical (unpaired) electrons. The summed E-state index contributed by atoms with van der Waals surface area (Å²) in [6.07, 6.45) is 0. The van der Waals surface area contributed by atoms with Crippen molar-refractivity contribution >= 4 is 21.8 Å². The van der Waals surface area contributed by atoms with Crippen molar-refractivity contribution in [1.82, 2.24) is 4.57 Å². The van der Waals surface area contributed by atoms with Crippen LogP contribution in [0.4, 0.5) is 0 Å². The van der Waals surface area contributed by atoms with Gasteiger partial charge >= 0.3 is 0 Å². The first-order valence-corrected chi connectivity index (χ1v) is 16.6. The van der Waals surface area contributed by atoms with Gasteiger partial charge in [-0.1, -0.05) is 147 Å². The first-order chi connectivity index (χ1) is 23.1. The van der Waals surface area contributed by atoms with E-state index in [1.807, 2.05) is 0 Å². The molecule has 222 valence electrons. The largest absolute Gasteiger partial charge is 0.309 e. The molecule has 0 saturated heterocycles.